The summed E-state index contributed by atoms with van der Waals surface area (Å²) >= 11 is 2.23. The Bertz CT molecular complexity index is 1310. The number of aromatic amines is 1. The zero-order valence-electron chi connectivity index (χ0n) is 18.1. The minimum atomic E-state index is 0.448. The van der Waals surface area contributed by atoms with Crippen LogP contribution in [-0.2, 0) is 6.61 Å². The number of ether oxygens (including phenoxy) is 2. The molecule has 0 aliphatic rings. The van der Waals surface area contributed by atoms with Gasteiger partial charge < -0.3 is 14.5 Å². The topological polar surface area (TPSA) is 70.9 Å². The first-order valence-electron chi connectivity index (χ1n) is 10.1. The van der Waals surface area contributed by atoms with Crippen molar-refractivity contribution in [2.45, 2.75) is 20.5 Å². The summed E-state index contributed by atoms with van der Waals surface area (Å²) in [7, 11) is 1.61. The van der Waals surface area contributed by atoms with Gasteiger partial charge >= 0.3 is 0 Å². The van der Waals surface area contributed by atoms with Crippen LogP contribution in [0, 0.1) is 28.7 Å². The summed E-state index contributed by atoms with van der Waals surface area (Å²) in [6.45, 7) is 4.56. The van der Waals surface area contributed by atoms with Crippen LogP contribution in [-0.4, -0.2) is 17.1 Å². The molecule has 0 amide bonds. The molecule has 0 aliphatic carbocycles. The number of imidazole rings is 1. The van der Waals surface area contributed by atoms with Crippen LogP contribution in [0.15, 0.2) is 54.6 Å². The molecule has 0 bridgehead atoms. The first-order valence-corrected chi connectivity index (χ1v) is 11.2. The van der Waals surface area contributed by atoms with Crippen molar-refractivity contribution in [3.05, 3.63) is 86.2 Å². The van der Waals surface area contributed by atoms with Crippen molar-refractivity contribution in [2.75, 3.05) is 7.11 Å². The van der Waals surface area contributed by atoms with Crippen LogP contribution < -0.4 is 9.47 Å². The molecule has 1 heterocycles. The molecule has 3 aromatic carbocycles. The molecule has 0 fully saturated rings. The normalized spacial score (nSPS) is 11.4. The Morgan fingerprint density at radius 1 is 1.12 bits per heavy atom. The first kappa shape index (κ1) is 21.9. The summed E-state index contributed by atoms with van der Waals surface area (Å²) < 4.78 is 12.5. The molecule has 0 saturated carbocycles. The van der Waals surface area contributed by atoms with Crippen LogP contribution >= 0.6 is 22.6 Å². The molecule has 0 radical (unpaired) electrons. The van der Waals surface area contributed by atoms with Crippen LogP contribution in [0.1, 0.15) is 28.1 Å². The van der Waals surface area contributed by atoms with E-state index in [9.17, 15) is 5.26 Å². The number of nitriles is 1. The third kappa shape index (κ3) is 4.63. The molecule has 32 heavy (non-hydrogen) atoms. The first-order chi connectivity index (χ1) is 15.5. The van der Waals surface area contributed by atoms with Gasteiger partial charge in [-0.05, 0) is 89.0 Å². The Morgan fingerprint density at radius 2 is 1.88 bits per heavy atom. The van der Waals surface area contributed by atoms with E-state index in [1.165, 1.54) is 11.1 Å². The molecule has 1 N–H and O–H groups in total. The zero-order valence-corrected chi connectivity index (χ0v) is 20.2. The number of halogens is 1. The third-order valence-electron chi connectivity index (χ3n) is 5.26. The SMILES string of the molecule is COc1cc(/C=C(\C#N)c2nc3cc(C)c(C)cc3[nH]2)cc(I)c1OCc1ccccc1. The lowest BCUT2D eigenvalue weighted by molar-refractivity contribution is 0.282. The molecular formula is C26H22IN3O2. The van der Waals surface area contributed by atoms with E-state index in [4.69, 9.17) is 9.47 Å². The van der Waals surface area contributed by atoms with Gasteiger partial charge in [0.25, 0.3) is 0 Å². The maximum atomic E-state index is 9.80. The van der Waals surface area contributed by atoms with Gasteiger partial charge in [0.2, 0.25) is 0 Å². The summed E-state index contributed by atoms with van der Waals surface area (Å²) in [6, 6.07) is 20.2. The van der Waals surface area contributed by atoms with Gasteiger partial charge in [-0.2, -0.15) is 5.26 Å². The van der Waals surface area contributed by atoms with Gasteiger partial charge in [0, 0.05) is 0 Å². The maximum Gasteiger partial charge on any atom is 0.174 e. The third-order valence-corrected chi connectivity index (χ3v) is 6.06. The smallest absolute Gasteiger partial charge is 0.174 e. The average Bonchev–Trinajstić information content (AvgIpc) is 3.19. The molecule has 6 heteroatoms. The van der Waals surface area contributed by atoms with Gasteiger partial charge in [-0.25, -0.2) is 4.98 Å². The van der Waals surface area contributed by atoms with Gasteiger partial charge in [0.15, 0.2) is 11.5 Å². The molecule has 0 atom stereocenters. The number of aromatic nitrogens is 2. The lowest BCUT2D eigenvalue weighted by atomic mass is 10.1. The van der Waals surface area contributed by atoms with Crippen molar-refractivity contribution in [1.29, 1.82) is 5.26 Å². The number of hydrogen-bond donors (Lipinski definition) is 1. The predicted molar refractivity (Wildman–Crippen MR) is 136 cm³/mol. The van der Waals surface area contributed by atoms with Gasteiger partial charge in [-0.15, -0.1) is 0 Å². The van der Waals surface area contributed by atoms with Gasteiger partial charge in [0.1, 0.15) is 18.5 Å². The highest BCUT2D eigenvalue weighted by atomic mass is 127. The van der Waals surface area contributed by atoms with Gasteiger partial charge in [-0.1, -0.05) is 30.3 Å². The fourth-order valence-electron chi connectivity index (χ4n) is 3.41. The predicted octanol–water partition coefficient (Wildman–Crippen LogP) is 6.44. The van der Waals surface area contributed by atoms with Crippen molar-refractivity contribution >= 4 is 45.3 Å². The van der Waals surface area contributed by atoms with Crippen molar-refractivity contribution in [1.82, 2.24) is 9.97 Å². The highest BCUT2D eigenvalue weighted by molar-refractivity contribution is 14.1. The van der Waals surface area contributed by atoms with Gasteiger partial charge in [-0.3, -0.25) is 0 Å². The van der Waals surface area contributed by atoms with E-state index >= 15 is 0 Å². The Hall–Kier alpha value is -3.31. The fourth-order valence-corrected chi connectivity index (χ4v) is 4.19. The van der Waals surface area contributed by atoms with Crippen LogP contribution in [0.4, 0.5) is 0 Å². The number of nitrogens with one attached hydrogen (secondary N) is 1. The zero-order chi connectivity index (χ0) is 22.7. The van der Waals surface area contributed by atoms with E-state index in [2.05, 4.69) is 58.5 Å². The van der Waals surface area contributed by atoms with E-state index in [0.29, 0.717) is 29.5 Å². The molecule has 0 unspecified atom stereocenters. The molecule has 1 aromatic heterocycles. The summed E-state index contributed by atoms with van der Waals surface area (Å²) in [6.07, 6.45) is 1.81. The lowest BCUT2D eigenvalue weighted by Gasteiger charge is -2.14. The summed E-state index contributed by atoms with van der Waals surface area (Å²) in [5.41, 5.74) is 6.48. The van der Waals surface area contributed by atoms with E-state index in [1.54, 1.807) is 7.11 Å². The molecule has 160 valence electrons. The second kappa shape index (κ2) is 9.45. The number of benzene rings is 3. The van der Waals surface area contributed by atoms with Gasteiger partial charge in [0.05, 0.1) is 27.3 Å². The van der Waals surface area contributed by atoms with E-state index in [1.807, 2.05) is 54.6 Å². The molecule has 4 aromatic rings. The monoisotopic (exact) mass is 535 g/mol. The quantitative estimate of drug-likeness (QED) is 0.228. The number of nitrogens with zero attached hydrogens (tertiary/aromatic N) is 2. The van der Waals surface area contributed by atoms with E-state index < -0.39 is 0 Å². The minimum Gasteiger partial charge on any atom is -0.493 e. The maximum absolute atomic E-state index is 9.80. The van der Waals surface area contributed by atoms with Crippen LogP contribution in [0.3, 0.4) is 0 Å². The summed E-state index contributed by atoms with van der Waals surface area (Å²) in [5, 5.41) is 9.80. The molecule has 0 spiro atoms. The summed E-state index contributed by atoms with van der Waals surface area (Å²) in [4.78, 5) is 7.89. The second-order valence-electron chi connectivity index (χ2n) is 7.52. The van der Waals surface area contributed by atoms with Crippen molar-refractivity contribution in [2.24, 2.45) is 0 Å². The number of methoxy groups -OCH3 is 1. The number of hydrogen-bond acceptors (Lipinski definition) is 4. The van der Waals surface area contributed by atoms with E-state index in [-0.39, 0.29) is 0 Å². The number of rotatable bonds is 6. The number of H-pyrrole nitrogens is 1. The molecule has 4 rings (SSSR count). The standard InChI is InChI=1S/C26H22IN3O2/c1-16-9-22-23(10-17(16)2)30-26(29-22)20(14-28)11-19-12-21(27)25(24(13-19)31-3)32-15-18-7-5-4-6-8-18/h4-13H,15H2,1-3H3,(H,29,30)/b20-11+. The molecular weight excluding hydrogens is 513 g/mol. The van der Waals surface area contributed by atoms with Crippen LogP contribution in [0.25, 0.3) is 22.7 Å². The minimum absolute atomic E-state index is 0.448. The van der Waals surface area contributed by atoms with Crippen molar-refractivity contribution in [3.63, 3.8) is 0 Å². The molecule has 0 saturated heterocycles. The Labute approximate surface area is 200 Å². The highest BCUT2D eigenvalue weighted by Gasteiger charge is 2.14. The molecule has 5 nitrogen and oxygen atoms in total. The Balaban J connectivity index is 1.66. The summed E-state index contributed by atoms with van der Waals surface area (Å²) in [5.74, 6) is 1.85. The number of aryl methyl sites for hydroxylation is 2. The highest BCUT2D eigenvalue weighted by Crippen LogP contribution is 2.35. The lowest BCUT2D eigenvalue weighted by Crippen LogP contribution is -2.00. The van der Waals surface area contributed by atoms with Crippen molar-refractivity contribution in [3.8, 4) is 17.6 Å². The van der Waals surface area contributed by atoms with Crippen molar-refractivity contribution < 1.29 is 9.47 Å². The average molecular weight is 535 g/mol. The second-order valence-corrected chi connectivity index (χ2v) is 8.68. The number of fused-ring (bicyclic) bond motifs is 1. The largest absolute Gasteiger partial charge is 0.493 e. The number of allylic oxidation sites excluding steroid dienone is 1. The van der Waals surface area contributed by atoms with E-state index in [0.717, 1.165) is 25.7 Å². The Morgan fingerprint density at radius 3 is 2.59 bits per heavy atom. The fraction of sp³-hybridized carbons (Fsp3) is 0.154. The molecule has 0 aliphatic heterocycles. The van der Waals surface area contributed by atoms with Crippen LogP contribution in [0.5, 0.6) is 11.5 Å². The Kier molecular flexibility index (Phi) is 6.47. The van der Waals surface area contributed by atoms with Crippen LogP contribution in [0.2, 0.25) is 0 Å².